The van der Waals surface area contributed by atoms with E-state index in [0.717, 1.165) is 42.1 Å². The van der Waals surface area contributed by atoms with Crippen LogP contribution in [0.4, 0.5) is 5.69 Å². The largest absolute Gasteiger partial charge is 0.254 e. The van der Waals surface area contributed by atoms with Crippen LogP contribution in [-0.2, 0) is 0 Å². The van der Waals surface area contributed by atoms with Gasteiger partial charge in [0.2, 0.25) is 0 Å². The molecule has 4 aromatic rings. The topological polar surface area (TPSA) is 38.1 Å². The molecule has 5 heteroatoms. The second kappa shape index (κ2) is 6.42. The van der Waals surface area contributed by atoms with Crippen LogP contribution in [0, 0.1) is 0 Å². The van der Waals surface area contributed by atoms with Gasteiger partial charge in [-0.1, -0.05) is 30.3 Å². The van der Waals surface area contributed by atoms with Crippen LogP contribution in [0.2, 0.25) is 0 Å². The Morgan fingerprint density at radius 2 is 1.50 bits per heavy atom. The SMILES string of the molecule is Brc1cccc(Br)c1/N=C/c1ccc2ccc3cccnc3c2n1. The monoisotopic (exact) mass is 439 g/mol. The van der Waals surface area contributed by atoms with Crippen molar-refractivity contribution in [3.63, 3.8) is 0 Å². The molecule has 3 nitrogen and oxygen atoms in total. The number of para-hydroxylation sites is 1. The van der Waals surface area contributed by atoms with E-state index in [0.29, 0.717) is 0 Å². The number of fused-ring (bicyclic) bond motifs is 3. The van der Waals surface area contributed by atoms with Gasteiger partial charge in [-0.2, -0.15) is 0 Å². The second-order valence-electron chi connectivity index (χ2n) is 5.28. The summed E-state index contributed by atoms with van der Waals surface area (Å²) in [5, 5.41) is 2.15. The number of nitrogens with zero attached hydrogens (tertiary/aromatic N) is 3. The highest BCUT2D eigenvalue weighted by Crippen LogP contribution is 2.33. The number of hydrogen-bond donors (Lipinski definition) is 0. The summed E-state index contributed by atoms with van der Waals surface area (Å²) >= 11 is 7.04. The standard InChI is InChI=1S/C19H11Br2N3/c20-15-4-1-5-16(21)19(15)23-11-14-9-8-13-7-6-12-3-2-10-22-17(12)18(13)24-14/h1-11H/b23-11+. The molecule has 4 rings (SSSR count). The van der Waals surface area contributed by atoms with E-state index < -0.39 is 0 Å². The zero-order chi connectivity index (χ0) is 16.5. The van der Waals surface area contributed by atoms with Gasteiger partial charge in [-0.25, -0.2) is 4.98 Å². The van der Waals surface area contributed by atoms with Crippen molar-refractivity contribution in [1.82, 2.24) is 9.97 Å². The Hall–Kier alpha value is -2.11. The quantitative estimate of drug-likeness (QED) is 0.280. The summed E-state index contributed by atoms with van der Waals surface area (Å²) in [6, 6.07) is 18.0. The number of hydrogen-bond acceptors (Lipinski definition) is 3. The molecule has 0 N–H and O–H groups in total. The molecule has 0 spiro atoms. The second-order valence-corrected chi connectivity index (χ2v) is 6.99. The third kappa shape index (κ3) is 2.85. The van der Waals surface area contributed by atoms with Crippen LogP contribution in [0.5, 0.6) is 0 Å². The highest BCUT2D eigenvalue weighted by atomic mass is 79.9. The average Bonchev–Trinajstić information content (AvgIpc) is 2.61. The number of aliphatic imine (C=N–C) groups is 1. The van der Waals surface area contributed by atoms with Crippen LogP contribution in [0.1, 0.15) is 5.69 Å². The maximum absolute atomic E-state index is 4.74. The Balaban J connectivity index is 1.83. The van der Waals surface area contributed by atoms with E-state index in [9.17, 15) is 0 Å². The van der Waals surface area contributed by atoms with Crippen LogP contribution in [-0.4, -0.2) is 16.2 Å². The summed E-state index contributed by atoms with van der Waals surface area (Å²) in [5.41, 5.74) is 3.44. The summed E-state index contributed by atoms with van der Waals surface area (Å²) in [4.78, 5) is 13.8. The lowest BCUT2D eigenvalue weighted by Gasteiger charge is -2.04. The smallest absolute Gasteiger partial charge is 0.0972 e. The number of aromatic nitrogens is 2. The van der Waals surface area contributed by atoms with Gasteiger partial charge in [-0.15, -0.1) is 0 Å². The van der Waals surface area contributed by atoms with Crippen LogP contribution in [0.3, 0.4) is 0 Å². The summed E-state index contributed by atoms with van der Waals surface area (Å²) < 4.78 is 1.86. The zero-order valence-electron chi connectivity index (χ0n) is 12.4. The first-order valence-corrected chi connectivity index (χ1v) is 8.93. The Morgan fingerprint density at radius 3 is 2.29 bits per heavy atom. The molecule has 0 bridgehead atoms. The van der Waals surface area contributed by atoms with Crippen molar-refractivity contribution < 1.29 is 0 Å². The van der Waals surface area contributed by atoms with Gasteiger partial charge in [-0.05, 0) is 56.1 Å². The van der Waals surface area contributed by atoms with E-state index in [-0.39, 0.29) is 0 Å². The Labute approximate surface area is 155 Å². The van der Waals surface area contributed by atoms with Crippen molar-refractivity contribution >= 4 is 65.6 Å². The van der Waals surface area contributed by atoms with E-state index in [1.54, 1.807) is 12.4 Å². The summed E-state index contributed by atoms with van der Waals surface area (Å²) in [6.45, 7) is 0. The molecule has 0 fully saturated rings. The Kier molecular flexibility index (Phi) is 4.12. The summed E-state index contributed by atoms with van der Waals surface area (Å²) in [7, 11) is 0. The van der Waals surface area contributed by atoms with Crippen LogP contribution >= 0.6 is 31.9 Å². The number of rotatable bonds is 2. The van der Waals surface area contributed by atoms with Gasteiger partial charge in [-0.3, -0.25) is 9.98 Å². The van der Waals surface area contributed by atoms with Gasteiger partial charge < -0.3 is 0 Å². The van der Waals surface area contributed by atoms with Gasteiger partial charge in [0.05, 0.1) is 28.6 Å². The van der Waals surface area contributed by atoms with Crippen molar-refractivity contribution in [3.8, 4) is 0 Å². The minimum Gasteiger partial charge on any atom is -0.254 e. The van der Waals surface area contributed by atoms with Crippen molar-refractivity contribution in [2.45, 2.75) is 0 Å². The van der Waals surface area contributed by atoms with Crippen molar-refractivity contribution in [2.24, 2.45) is 4.99 Å². The van der Waals surface area contributed by atoms with E-state index in [4.69, 9.17) is 4.98 Å². The van der Waals surface area contributed by atoms with E-state index in [1.807, 2.05) is 42.5 Å². The molecule has 0 saturated heterocycles. The fourth-order valence-corrected chi connectivity index (χ4v) is 3.76. The summed E-state index contributed by atoms with van der Waals surface area (Å²) in [5.74, 6) is 0. The highest BCUT2D eigenvalue weighted by Gasteiger charge is 2.05. The minimum atomic E-state index is 0.795. The molecule has 2 aromatic heterocycles. The van der Waals surface area contributed by atoms with Crippen LogP contribution in [0.15, 0.2) is 74.7 Å². The fraction of sp³-hybridized carbons (Fsp3) is 0. The van der Waals surface area contributed by atoms with Gasteiger partial charge in [0, 0.05) is 25.9 Å². The fourth-order valence-electron chi connectivity index (χ4n) is 2.55. The molecule has 0 aliphatic carbocycles. The van der Waals surface area contributed by atoms with E-state index in [1.165, 1.54) is 0 Å². The van der Waals surface area contributed by atoms with E-state index >= 15 is 0 Å². The van der Waals surface area contributed by atoms with Gasteiger partial charge in [0.25, 0.3) is 0 Å². The highest BCUT2D eigenvalue weighted by molar-refractivity contribution is 9.11. The first-order valence-electron chi connectivity index (χ1n) is 7.35. The predicted octanol–water partition coefficient (Wildman–Crippen LogP) is 6.06. The Morgan fingerprint density at radius 1 is 0.792 bits per heavy atom. The average molecular weight is 441 g/mol. The first kappa shape index (κ1) is 15.4. The Bertz CT molecular complexity index is 1070. The van der Waals surface area contributed by atoms with Crippen LogP contribution in [0.25, 0.3) is 21.8 Å². The van der Waals surface area contributed by atoms with Gasteiger partial charge >= 0.3 is 0 Å². The van der Waals surface area contributed by atoms with Crippen molar-refractivity contribution in [1.29, 1.82) is 0 Å². The molecule has 0 saturated carbocycles. The lowest BCUT2D eigenvalue weighted by atomic mass is 10.1. The van der Waals surface area contributed by atoms with Gasteiger partial charge in [0.15, 0.2) is 0 Å². The zero-order valence-corrected chi connectivity index (χ0v) is 15.6. The molecule has 0 radical (unpaired) electrons. The molecule has 0 unspecified atom stereocenters. The molecule has 0 atom stereocenters. The minimum absolute atomic E-state index is 0.795. The molecule has 0 aliphatic heterocycles. The van der Waals surface area contributed by atoms with Crippen molar-refractivity contribution in [2.75, 3.05) is 0 Å². The molecule has 2 aromatic carbocycles. The predicted molar refractivity (Wildman–Crippen MR) is 106 cm³/mol. The maximum atomic E-state index is 4.74. The normalized spacial score (nSPS) is 11.6. The maximum Gasteiger partial charge on any atom is 0.0972 e. The third-order valence-corrected chi connectivity index (χ3v) is 5.00. The molecular weight excluding hydrogens is 430 g/mol. The van der Waals surface area contributed by atoms with E-state index in [2.05, 4.69) is 54.0 Å². The van der Waals surface area contributed by atoms with Gasteiger partial charge in [0.1, 0.15) is 0 Å². The first-order chi connectivity index (χ1) is 11.7. The molecule has 0 amide bonds. The molecule has 2 heterocycles. The summed E-state index contributed by atoms with van der Waals surface area (Å²) in [6.07, 6.45) is 3.56. The lowest BCUT2D eigenvalue weighted by molar-refractivity contribution is 1.35. The molecule has 0 aliphatic rings. The molecular formula is C19H11Br2N3. The molecule has 24 heavy (non-hydrogen) atoms. The van der Waals surface area contributed by atoms with Crippen LogP contribution < -0.4 is 0 Å². The number of pyridine rings is 2. The van der Waals surface area contributed by atoms with Crippen molar-refractivity contribution in [3.05, 3.63) is 75.4 Å². The lowest BCUT2D eigenvalue weighted by Crippen LogP contribution is -1.91. The molecule has 116 valence electrons. The third-order valence-electron chi connectivity index (χ3n) is 3.72. The number of benzene rings is 2. The number of halogens is 2.